The van der Waals surface area contributed by atoms with Crippen molar-refractivity contribution in [3.05, 3.63) is 23.3 Å². The van der Waals surface area contributed by atoms with Gasteiger partial charge >= 0.3 is 17.9 Å². The van der Waals surface area contributed by atoms with E-state index in [-0.39, 0.29) is 44.0 Å². The highest BCUT2D eigenvalue weighted by molar-refractivity contribution is 6.02. The van der Waals surface area contributed by atoms with Crippen LogP contribution in [0.1, 0.15) is 47.0 Å². The van der Waals surface area contributed by atoms with E-state index in [4.69, 9.17) is 14.2 Å². The first-order chi connectivity index (χ1) is 12.4. The quantitative estimate of drug-likeness (QED) is 0.312. The van der Waals surface area contributed by atoms with Crippen molar-refractivity contribution in [1.82, 2.24) is 0 Å². The van der Waals surface area contributed by atoms with Crippen LogP contribution in [0.4, 0.5) is 0 Å². The van der Waals surface area contributed by atoms with Crippen molar-refractivity contribution >= 4 is 17.9 Å². The van der Waals surface area contributed by atoms with Crippen LogP contribution in [0.3, 0.4) is 0 Å². The van der Waals surface area contributed by atoms with E-state index in [0.29, 0.717) is 12.0 Å². The summed E-state index contributed by atoms with van der Waals surface area (Å²) in [5.41, 5.74) is -0.0548. The van der Waals surface area contributed by atoms with E-state index in [1.165, 1.54) is 0 Å². The maximum Gasteiger partial charge on any atom is 0.333 e. The molecule has 0 spiro atoms. The summed E-state index contributed by atoms with van der Waals surface area (Å²) in [5.74, 6) is -2.08. The lowest BCUT2D eigenvalue weighted by Gasteiger charge is -2.29. The summed E-state index contributed by atoms with van der Waals surface area (Å²) >= 11 is 0. The minimum atomic E-state index is -1.43. The lowest BCUT2D eigenvalue weighted by Crippen LogP contribution is -2.45. The molecule has 26 heavy (non-hydrogen) atoms. The Hall–Kier alpha value is -2.11. The summed E-state index contributed by atoms with van der Waals surface area (Å²) in [7, 11) is 0. The van der Waals surface area contributed by atoms with Gasteiger partial charge in [-0.2, -0.15) is 0 Å². The predicted octanol–water partition coefficient (Wildman–Crippen LogP) is 2.96. The smallest absolute Gasteiger partial charge is 0.333 e. The molecule has 2 aliphatic carbocycles. The Morgan fingerprint density at radius 1 is 1.04 bits per heavy atom. The molecule has 6 heteroatoms. The lowest BCUT2D eigenvalue weighted by molar-refractivity contribution is -0.175. The molecule has 1 saturated carbocycles. The molecular weight excluding hydrogens is 336 g/mol. The molecule has 0 radical (unpaired) electrons. The zero-order valence-electron chi connectivity index (χ0n) is 16.0. The molecule has 0 heterocycles. The first-order valence-electron chi connectivity index (χ1n) is 9.34. The molecule has 0 aromatic carbocycles. The van der Waals surface area contributed by atoms with E-state index in [2.05, 4.69) is 0 Å². The highest BCUT2D eigenvalue weighted by atomic mass is 16.6. The number of hydrogen-bond acceptors (Lipinski definition) is 6. The molecule has 2 rings (SSSR count). The largest absolute Gasteiger partial charge is 0.465 e. The van der Waals surface area contributed by atoms with Gasteiger partial charge in [0.05, 0.1) is 19.8 Å². The minimum Gasteiger partial charge on any atom is -0.465 e. The second-order valence-electron chi connectivity index (χ2n) is 6.59. The van der Waals surface area contributed by atoms with E-state index in [9.17, 15) is 14.4 Å². The Kier molecular flexibility index (Phi) is 6.62. The number of ether oxygens (including phenoxy) is 3. The third-order valence-electron chi connectivity index (χ3n) is 5.28. The van der Waals surface area contributed by atoms with Crippen LogP contribution in [0.15, 0.2) is 23.3 Å². The first kappa shape index (κ1) is 20.2. The normalized spacial score (nSPS) is 23.8. The summed E-state index contributed by atoms with van der Waals surface area (Å²) in [6, 6.07) is 0. The van der Waals surface area contributed by atoms with Gasteiger partial charge in [-0.3, -0.25) is 9.59 Å². The van der Waals surface area contributed by atoms with Crippen molar-refractivity contribution in [2.45, 2.75) is 47.0 Å². The van der Waals surface area contributed by atoms with Crippen LogP contribution in [0.25, 0.3) is 0 Å². The third-order valence-corrected chi connectivity index (χ3v) is 5.28. The fourth-order valence-corrected chi connectivity index (χ4v) is 3.98. The lowest BCUT2D eigenvalue weighted by atomic mass is 9.76. The van der Waals surface area contributed by atoms with Crippen molar-refractivity contribution < 1.29 is 28.6 Å². The molecule has 0 aromatic heterocycles. The Morgan fingerprint density at radius 3 is 2.15 bits per heavy atom. The topological polar surface area (TPSA) is 78.9 Å². The molecular formula is C20H28O6. The van der Waals surface area contributed by atoms with Crippen LogP contribution >= 0.6 is 0 Å². The molecule has 0 N–H and O–H groups in total. The fourth-order valence-electron chi connectivity index (χ4n) is 3.98. The first-order valence-corrected chi connectivity index (χ1v) is 9.34. The zero-order chi connectivity index (χ0) is 19.3. The van der Waals surface area contributed by atoms with Gasteiger partial charge in [-0.25, -0.2) is 4.79 Å². The highest BCUT2D eigenvalue weighted by Gasteiger charge is 2.61. The van der Waals surface area contributed by atoms with Gasteiger partial charge < -0.3 is 14.2 Å². The van der Waals surface area contributed by atoms with Crippen LogP contribution in [-0.2, 0) is 28.6 Å². The second kappa shape index (κ2) is 8.52. The van der Waals surface area contributed by atoms with Gasteiger partial charge in [0.1, 0.15) is 0 Å². The van der Waals surface area contributed by atoms with Crippen LogP contribution < -0.4 is 0 Å². The molecule has 0 saturated heterocycles. The zero-order valence-corrected chi connectivity index (χ0v) is 16.0. The number of esters is 3. The summed E-state index contributed by atoms with van der Waals surface area (Å²) in [5, 5.41) is 0. The molecule has 0 aliphatic heterocycles. The van der Waals surface area contributed by atoms with Gasteiger partial charge in [0.15, 0.2) is 5.41 Å². The summed E-state index contributed by atoms with van der Waals surface area (Å²) in [6.45, 7) is 7.66. The molecule has 2 atom stereocenters. The molecule has 0 bridgehead atoms. The van der Waals surface area contributed by atoms with Crippen molar-refractivity contribution in [1.29, 1.82) is 0 Å². The number of carbonyl (C=O) groups is 3. The maximum absolute atomic E-state index is 12.8. The summed E-state index contributed by atoms with van der Waals surface area (Å²) < 4.78 is 15.7. The van der Waals surface area contributed by atoms with E-state index < -0.39 is 17.4 Å². The molecule has 6 nitrogen and oxygen atoms in total. The van der Waals surface area contributed by atoms with Gasteiger partial charge in [0, 0.05) is 11.5 Å². The average molecular weight is 364 g/mol. The van der Waals surface area contributed by atoms with Crippen molar-refractivity contribution in [2.24, 2.45) is 17.3 Å². The molecule has 144 valence electrons. The summed E-state index contributed by atoms with van der Waals surface area (Å²) in [4.78, 5) is 38.1. The Balaban J connectivity index is 2.56. The number of allylic oxidation sites excluding steroid dienone is 3. The molecule has 1 fully saturated rings. The predicted molar refractivity (Wildman–Crippen MR) is 95.0 cm³/mol. The monoisotopic (exact) mass is 364 g/mol. The average Bonchev–Trinajstić information content (AvgIpc) is 2.76. The SMILES string of the molecule is CCOC(=O)C1=C2CC(C(=O)OCC)(C(=O)OCC)[C@@H](C)[C@H]2C=CCC1. The van der Waals surface area contributed by atoms with Gasteiger partial charge in [-0.1, -0.05) is 24.6 Å². The van der Waals surface area contributed by atoms with Gasteiger partial charge in [0.25, 0.3) is 0 Å². The molecule has 2 aliphatic rings. The van der Waals surface area contributed by atoms with Gasteiger partial charge in [-0.15, -0.1) is 0 Å². The van der Waals surface area contributed by atoms with Crippen LogP contribution in [-0.4, -0.2) is 37.7 Å². The number of fused-ring (bicyclic) bond motifs is 1. The highest BCUT2D eigenvalue weighted by Crippen LogP contribution is 2.54. The standard InChI is InChI=1S/C20H28O6/c1-5-24-17(21)15-11-9-8-10-14-13(4)20(12-16(14)15,18(22)25-6-2)19(23)26-7-3/h8,10,13-14H,5-7,9,11-12H2,1-4H3/t13-,14+/m0/s1. The minimum absolute atomic E-state index is 0.134. The van der Waals surface area contributed by atoms with Crippen molar-refractivity contribution in [3.63, 3.8) is 0 Å². The van der Waals surface area contributed by atoms with E-state index in [1.54, 1.807) is 20.8 Å². The molecule has 0 amide bonds. The third kappa shape index (κ3) is 3.41. The Morgan fingerprint density at radius 2 is 1.62 bits per heavy atom. The van der Waals surface area contributed by atoms with Crippen molar-refractivity contribution in [2.75, 3.05) is 19.8 Å². The molecule has 0 aromatic rings. The number of rotatable bonds is 6. The van der Waals surface area contributed by atoms with Crippen molar-refractivity contribution in [3.8, 4) is 0 Å². The van der Waals surface area contributed by atoms with Crippen LogP contribution in [0, 0.1) is 17.3 Å². The fraction of sp³-hybridized carbons (Fsp3) is 0.650. The Labute approximate surface area is 154 Å². The second-order valence-corrected chi connectivity index (χ2v) is 6.59. The van der Waals surface area contributed by atoms with Crippen LogP contribution in [0.2, 0.25) is 0 Å². The number of hydrogen-bond donors (Lipinski definition) is 0. The van der Waals surface area contributed by atoms with E-state index in [1.807, 2.05) is 19.1 Å². The maximum atomic E-state index is 12.8. The number of carbonyl (C=O) groups excluding carboxylic acids is 3. The van der Waals surface area contributed by atoms with Gasteiger partial charge in [0.2, 0.25) is 0 Å². The van der Waals surface area contributed by atoms with E-state index >= 15 is 0 Å². The summed E-state index contributed by atoms with van der Waals surface area (Å²) in [6.07, 6.45) is 5.39. The molecule has 0 unspecified atom stereocenters. The Bertz CT molecular complexity index is 612. The van der Waals surface area contributed by atoms with Crippen LogP contribution in [0.5, 0.6) is 0 Å². The van der Waals surface area contributed by atoms with E-state index in [0.717, 1.165) is 12.0 Å². The van der Waals surface area contributed by atoms with Gasteiger partial charge in [-0.05, 0) is 46.0 Å².